The van der Waals surface area contributed by atoms with E-state index in [1.165, 1.54) is 48.0 Å². The first-order valence-corrected chi connectivity index (χ1v) is 16.3. The number of carbonyl (C=O) groups excluding carboxylic acids is 2. The highest BCUT2D eigenvalue weighted by Gasteiger charge is 2.38. The zero-order valence-electron chi connectivity index (χ0n) is 22.2. The minimum atomic E-state index is -4.18. The largest absolute Gasteiger partial charge is 0.480 e. The summed E-state index contributed by atoms with van der Waals surface area (Å²) in [6.45, 7) is -0.813. The van der Waals surface area contributed by atoms with E-state index in [1.54, 1.807) is 42.5 Å². The number of amides is 1. The number of allylic oxidation sites excluding steroid dienone is 5. The molecule has 1 amide bonds. The maximum absolute atomic E-state index is 12.8. The van der Waals surface area contributed by atoms with Crippen molar-refractivity contribution in [2.45, 2.75) is 16.2 Å². The molecule has 0 bridgehead atoms. The van der Waals surface area contributed by atoms with Gasteiger partial charge >= 0.3 is 5.97 Å². The Balaban J connectivity index is 1.56. The van der Waals surface area contributed by atoms with E-state index in [9.17, 15) is 31.2 Å². The van der Waals surface area contributed by atoms with Crippen LogP contribution in [0.15, 0.2) is 86.5 Å². The number of carboxylic acids is 1. The number of thioether (sulfide) groups is 1. The lowest BCUT2D eigenvalue weighted by molar-refractivity contribution is -0.143. The monoisotopic (exact) mass is 634 g/mol. The number of benzene rings is 2. The van der Waals surface area contributed by atoms with Gasteiger partial charge in [-0.05, 0) is 48.9 Å². The maximum Gasteiger partial charge on any atom is 0.329 e. The molecule has 2 heterocycles. The molecule has 0 saturated carbocycles. The van der Waals surface area contributed by atoms with E-state index in [1.807, 2.05) is 4.90 Å². The van der Waals surface area contributed by atoms with Crippen molar-refractivity contribution in [3.8, 4) is 0 Å². The summed E-state index contributed by atoms with van der Waals surface area (Å²) in [5.74, 6) is -2.70. The molecule has 2 N–H and O–H groups in total. The summed E-state index contributed by atoms with van der Waals surface area (Å²) in [6.07, 6.45) is 5.99. The fourth-order valence-corrected chi connectivity index (χ4v) is 7.42. The average molecular weight is 635 g/mol. The van der Waals surface area contributed by atoms with Gasteiger partial charge in [-0.2, -0.15) is 8.42 Å². The van der Waals surface area contributed by atoms with Crippen LogP contribution in [-0.4, -0.2) is 76.7 Å². The molecule has 0 aromatic heterocycles. The Morgan fingerprint density at radius 3 is 2.50 bits per heavy atom. The van der Waals surface area contributed by atoms with Gasteiger partial charge in [0.25, 0.3) is 16.0 Å². The van der Waals surface area contributed by atoms with E-state index in [0.717, 1.165) is 4.90 Å². The van der Waals surface area contributed by atoms with E-state index in [-0.39, 0.29) is 28.3 Å². The number of ketones is 1. The van der Waals surface area contributed by atoms with Gasteiger partial charge < -0.3 is 19.6 Å². The molecule has 2 aromatic carbocycles. The van der Waals surface area contributed by atoms with Crippen molar-refractivity contribution in [1.82, 2.24) is 0 Å². The Morgan fingerprint density at radius 2 is 1.81 bits per heavy atom. The number of nitrogens with zero attached hydrogens (tertiary/aromatic N) is 2. The van der Waals surface area contributed by atoms with Crippen molar-refractivity contribution < 1.29 is 45.6 Å². The Labute approximate surface area is 246 Å². The second-order valence-corrected chi connectivity index (χ2v) is 13.7. The summed E-state index contributed by atoms with van der Waals surface area (Å²) in [4.78, 5) is 39.2. The number of anilines is 2. The predicted molar refractivity (Wildman–Crippen MR) is 156 cm³/mol. The Bertz CT molecular complexity index is 1740. The Kier molecular flexibility index (Phi) is 9.37. The number of rotatable bonds is 11. The van der Waals surface area contributed by atoms with Gasteiger partial charge in [-0.1, -0.05) is 36.0 Å². The van der Waals surface area contributed by atoms with Gasteiger partial charge in [-0.3, -0.25) is 14.1 Å². The van der Waals surface area contributed by atoms with Crippen LogP contribution in [0, 0.1) is 0 Å². The van der Waals surface area contributed by atoms with E-state index in [0.29, 0.717) is 16.4 Å². The topological polar surface area (TPSA) is 176 Å². The van der Waals surface area contributed by atoms with E-state index < -0.39 is 56.6 Å². The van der Waals surface area contributed by atoms with Gasteiger partial charge in [0.15, 0.2) is 0 Å². The first-order valence-electron chi connectivity index (χ1n) is 12.4. The normalized spacial score (nSPS) is 17.7. The highest BCUT2D eigenvalue weighted by atomic mass is 32.2. The molecule has 0 unspecified atom stereocenters. The molecule has 0 saturated heterocycles. The van der Waals surface area contributed by atoms with Crippen LogP contribution in [0.4, 0.5) is 11.4 Å². The van der Waals surface area contributed by atoms with Crippen LogP contribution in [0.1, 0.15) is 16.8 Å². The number of ether oxygens (including phenoxy) is 1. The standard InChI is InChI=1S/C27H26N2O10S3/c1-28(24(30)16-39-17-26(31)32)18-11-12-20-21(15-18)40-25(29(20)13-6-14-41(34,35)36)10-5-4-9-23-27(33)19-7-2-3-8-22(19)42(23,37)38/h2-5,7-12,15H,6,13-14,16-17H2,1H3,(H,31,32)(H,34,35,36)/b5-4+,23-9-,25-10-. The molecule has 0 fully saturated rings. The van der Waals surface area contributed by atoms with Crippen molar-refractivity contribution >= 4 is 60.8 Å². The van der Waals surface area contributed by atoms with Crippen LogP contribution in [-0.2, 0) is 34.3 Å². The summed E-state index contributed by atoms with van der Waals surface area (Å²) in [5, 5.41) is 9.34. The van der Waals surface area contributed by atoms with Gasteiger partial charge in [0.2, 0.25) is 15.6 Å². The van der Waals surface area contributed by atoms with Crippen LogP contribution in [0.2, 0.25) is 0 Å². The Morgan fingerprint density at radius 1 is 1.10 bits per heavy atom. The number of fused-ring (bicyclic) bond motifs is 2. The van der Waals surface area contributed by atoms with Crippen LogP contribution in [0.5, 0.6) is 0 Å². The smallest absolute Gasteiger partial charge is 0.329 e. The number of likely N-dealkylation sites (N-methyl/N-ethyl adjacent to an activating group) is 1. The van der Waals surface area contributed by atoms with Gasteiger partial charge in [0, 0.05) is 29.7 Å². The fraction of sp³-hybridized carbons (Fsp3) is 0.222. The lowest BCUT2D eigenvalue weighted by Gasteiger charge is -2.21. The van der Waals surface area contributed by atoms with Gasteiger partial charge in [0.05, 0.1) is 21.4 Å². The highest BCUT2D eigenvalue weighted by molar-refractivity contribution is 8.03. The van der Waals surface area contributed by atoms with Crippen molar-refractivity contribution in [2.24, 2.45) is 0 Å². The number of aliphatic carboxylic acids is 1. The molecule has 42 heavy (non-hydrogen) atoms. The first kappa shape index (κ1) is 31.2. The number of hydrogen-bond acceptors (Lipinski definition) is 10. The number of carbonyl (C=O) groups is 3. The van der Waals surface area contributed by atoms with E-state index in [2.05, 4.69) is 0 Å². The molecule has 0 atom stereocenters. The molecule has 0 radical (unpaired) electrons. The third-order valence-corrected chi connectivity index (χ3v) is 10.00. The quantitative estimate of drug-likeness (QED) is 0.273. The summed E-state index contributed by atoms with van der Waals surface area (Å²) in [6, 6.07) is 11.1. The lowest BCUT2D eigenvalue weighted by Crippen LogP contribution is -2.31. The van der Waals surface area contributed by atoms with Crippen LogP contribution < -0.4 is 9.80 Å². The zero-order valence-corrected chi connectivity index (χ0v) is 24.6. The number of hydrogen-bond donors (Lipinski definition) is 2. The van der Waals surface area contributed by atoms with Crippen LogP contribution >= 0.6 is 11.8 Å². The second kappa shape index (κ2) is 12.6. The molecular weight excluding hydrogens is 609 g/mol. The third-order valence-electron chi connectivity index (χ3n) is 6.24. The minimum Gasteiger partial charge on any atom is -0.480 e. The highest BCUT2D eigenvalue weighted by Crippen LogP contribution is 2.47. The van der Waals surface area contributed by atoms with Crippen molar-refractivity contribution in [3.63, 3.8) is 0 Å². The molecular formula is C27H26N2O10S3. The number of carboxylic acid groups (broad SMARTS) is 1. The summed E-state index contributed by atoms with van der Waals surface area (Å²) in [7, 11) is -6.59. The average Bonchev–Trinajstić information content (AvgIpc) is 3.36. The SMILES string of the molecule is CN(C(=O)COCC(=O)O)c1ccc2c(c1)S\C(=C/C=C/C=C1/C(=O)c3ccccc3S1(=O)=O)N2CCCS(=O)(=O)O. The second-order valence-electron chi connectivity index (χ2n) is 9.13. The van der Waals surface area contributed by atoms with Gasteiger partial charge in [-0.15, -0.1) is 0 Å². The lowest BCUT2D eigenvalue weighted by atomic mass is 10.1. The predicted octanol–water partition coefficient (Wildman–Crippen LogP) is 2.89. The molecule has 4 rings (SSSR count). The maximum atomic E-state index is 12.8. The third kappa shape index (κ3) is 6.99. The minimum absolute atomic E-state index is 0.0347. The Hall–Kier alpha value is -3.76. The molecule has 0 aliphatic carbocycles. The molecule has 222 valence electrons. The summed E-state index contributed by atoms with van der Waals surface area (Å²) in [5.41, 5.74) is 1.34. The molecule has 2 aliphatic rings. The van der Waals surface area contributed by atoms with Crippen molar-refractivity contribution in [1.29, 1.82) is 0 Å². The number of Topliss-reactive ketones (excluding diaryl/α,β-unsaturated/α-hetero) is 1. The van der Waals surface area contributed by atoms with Crippen molar-refractivity contribution in [2.75, 3.05) is 42.4 Å². The summed E-state index contributed by atoms with van der Waals surface area (Å²) >= 11 is 1.31. The number of sulfone groups is 1. The summed E-state index contributed by atoms with van der Waals surface area (Å²) < 4.78 is 62.1. The molecule has 2 aliphatic heterocycles. The molecule has 15 heteroatoms. The van der Waals surface area contributed by atoms with Crippen LogP contribution in [0.25, 0.3) is 0 Å². The molecule has 0 spiro atoms. The molecule has 2 aromatic rings. The van der Waals surface area contributed by atoms with Gasteiger partial charge in [-0.25, -0.2) is 13.2 Å². The van der Waals surface area contributed by atoms with E-state index in [4.69, 9.17) is 14.4 Å². The van der Waals surface area contributed by atoms with Gasteiger partial charge in [0.1, 0.15) is 18.1 Å². The van der Waals surface area contributed by atoms with E-state index >= 15 is 0 Å². The van der Waals surface area contributed by atoms with Crippen molar-refractivity contribution in [3.05, 3.63) is 82.3 Å². The fourth-order valence-electron chi connectivity index (χ4n) is 4.24. The zero-order chi connectivity index (χ0) is 30.7. The van der Waals surface area contributed by atoms with Crippen LogP contribution in [0.3, 0.4) is 0 Å². The first-order chi connectivity index (χ1) is 19.8. The molecule has 12 nitrogen and oxygen atoms in total.